The Kier molecular flexibility index (Phi) is 8.38. The second-order valence-electron chi connectivity index (χ2n) is 11.7. The van der Waals surface area contributed by atoms with E-state index in [1.54, 1.807) is 20.8 Å². The van der Waals surface area contributed by atoms with Gasteiger partial charge in [0.1, 0.15) is 22.4 Å². The summed E-state index contributed by atoms with van der Waals surface area (Å²) in [5.74, 6) is -1.31. The van der Waals surface area contributed by atoms with E-state index in [9.17, 15) is 24.0 Å². The molecule has 0 radical (unpaired) electrons. The normalized spacial score (nSPS) is 21.6. The number of carbonyl (C=O) groups is 3. The van der Waals surface area contributed by atoms with Gasteiger partial charge in [-0.25, -0.2) is 4.79 Å². The zero-order valence-electron chi connectivity index (χ0n) is 24.5. The molecule has 0 aromatic heterocycles. The summed E-state index contributed by atoms with van der Waals surface area (Å²) in [4.78, 5) is 67.2. The predicted molar refractivity (Wildman–Crippen MR) is 161 cm³/mol. The molecule has 10 nitrogen and oxygen atoms in total. The minimum absolute atomic E-state index is 0.0242. The number of fused-ring (bicyclic) bond motifs is 1. The molecule has 2 unspecified atom stereocenters. The van der Waals surface area contributed by atoms with Crippen molar-refractivity contribution in [2.45, 2.75) is 62.7 Å². The fourth-order valence-corrected chi connectivity index (χ4v) is 6.88. The minimum Gasteiger partial charge on any atom is -0.489 e. The van der Waals surface area contributed by atoms with Crippen LogP contribution in [0.1, 0.15) is 56.9 Å². The highest BCUT2D eigenvalue weighted by atomic mass is 32.2. The van der Waals surface area contributed by atoms with E-state index >= 15 is 0 Å². The smallest absolute Gasteiger partial charge is 0.408 e. The molecular weight excluding hydrogens is 572 g/mol. The summed E-state index contributed by atoms with van der Waals surface area (Å²) in [6, 6.07) is 17.5. The molecule has 3 atom stereocenters. The molecule has 3 aromatic carbocycles. The van der Waals surface area contributed by atoms with E-state index < -0.39 is 57.4 Å². The minimum atomic E-state index is -1.66. The number of alkyl carbamates (subject to hydrolysis) is 1. The van der Waals surface area contributed by atoms with Crippen LogP contribution in [0, 0.1) is 0 Å². The van der Waals surface area contributed by atoms with Crippen LogP contribution in [0.4, 0.5) is 4.79 Å². The van der Waals surface area contributed by atoms with Crippen molar-refractivity contribution in [3.63, 3.8) is 0 Å². The van der Waals surface area contributed by atoms with Gasteiger partial charge in [0.05, 0.1) is 12.2 Å². The molecule has 2 aliphatic rings. The lowest BCUT2D eigenvalue weighted by Gasteiger charge is -2.54. The Morgan fingerprint density at radius 3 is 2.16 bits per heavy atom. The molecule has 2 heterocycles. The molecule has 2 fully saturated rings. The molecule has 0 bridgehead atoms. The molecule has 11 heteroatoms. The fraction of sp³-hybridized carbons (Fsp3) is 0.406. The van der Waals surface area contributed by atoms with E-state index in [4.69, 9.17) is 14.2 Å². The van der Waals surface area contributed by atoms with Crippen molar-refractivity contribution in [1.82, 2.24) is 10.2 Å². The Balaban J connectivity index is 1.48. The van der Waals surface area contributed by atoms with Crippen LogP contribution in [0.3, 0.4) is 0 Å². The third-order valence-electron chi connectivity index (χ3n) is 7.37. The fourth-order valence-electron chi connectivity index (χ4n) is 5.34. The van der Waals surface area contributed by atoms with Gasteiger partial charge < -0.3 is 24.4 Å². The van der Waals surface area contributed by atoms with Gasteiger partial charge in [0.15, 0.2) is 11.9 Å². The van der Waals surface area contributed by atoms with Crippen LogP contribution >= 0.6 is 11.8 Å². The zero-order valence-corrected chi connectivity index (χ0v) is 25.3. The number of amides is 2. The quantitative estimate of drug-likeness (QED) is 0.221. The van der Waals surface area contributed by atoms with E-state index in [0.29, 0.717) is 17.5 Å². The number of nitrogens with zero attached hydrogens (tertiary/aromatic N) is 1. The number of hydrogen-bond acceptors (Lipinski definition) is 9. The number of ether oxygens (including phenoxy) is 3. The topological polar surface area (TPSA) is 128 Å². The van der Waals surface area contributed by atoms with Crippen LogP contribution in [-0.4, -0.2) is 58.8 Å². The first-order chi connectivity index (χ1) is 20.5. The lowest BCUT2D eigenvalue weighted by atomic mass is 9.77. The summed E-state index contributed by atoms with van der Waals surface area (Å²) in [5, 5.41) is 2.12. The molecule has 0 aliphatic carbocycles. The molecule has 2 amide bonds. The highest BCUT2D eigenvalue weighted by Gasteiger charge is 2.61. The van der Waals surface area contributed by atoms with Gasteiger partial charge in [-0.2, -0.15) is 0 Å². The predicted octanol–water partition coefficient (Wildman–Crippen LogP) is 3.45. The molecule has 226 valence electrons. The van der Waals surface area contributed by atoms with E-state index in [-0.39, 0.29) is 30.2 Å². The first kappa shape index (κ1) is 30.3. The third-order valence-corrected chi connectivity index (χ3v) is 8.90. The maximum Gasteiger partial charge on any atom is 0.408 e. The average Bonchev–Trinajstić information content (AvgIpc) is 2.99. The summed E-state index contributed by atoms with van der Waals surface area (Å²) < 4.78 is 17.2. The van der Waals surface area contributed by atoms with Crippen LogP contribution in [-0.2, 0) is 24.5 Å². The number of nitrogens with one attached hydrogen (secondary N) is 1. The molecule has 2 saturated heterocycles. The SMILES string of the molecule is CCCOc1c(C2(C(=O)OC(c3ccccc3)c3ccccc3)CS[C@@H]3C(NC(=O)OC(C)(C)C)C(=O)N3C2)c(=O)c1=O. The summed E-state index contributed by atoms with van der Waals surface area (Å²) in [6.07, 6.45) is -0.956. The van der Waals surface area contributed by atoms with Crippen molar-refractivity contribution in [1.29, 1.82) is 0 Å². The summed E-state index contributed by atoms with van der Waals surface area (Å²) >= 11 is 1.23. The van der Waals surface area contributed by atoms with Crippen molar-refractivity contribution < 1.29 is 28.6 Å². The maximum absolute atomic E-state index is 14.4. The van der Waals surface area contributed by atoms with Crippen LogP contribution in [0.5, 0.6) is 5.75 Å². The molecule has 2 aliphatic heterocycles. The molecule has 3 aromatic rings. The summed E-state index contributed by atoms with van der Waals surface area (Å²) in [5.41, 5.74) is -2.68. The van der Waals surface area contributed by atoms with Crippen molar-refractivity contribution in [2.75, 3.05) is 18.9 Å². The van der Waals surface area contributed by atoms with E-state index in [0.717, 1.165) is 0 Å². The Morgan fingerprint density at radius 1 is 1.00 bits per heavy atom. The number of carbonyl (C=O) groups excluding carboxylic acids is 3. The highest BCUT2D eigenvalue weighted by Crippen LogP contribution is 2.46. The monoisotopic (exact) mass is 606 g/mol. The van der Waals surface area contributed by atoms with Crippen LogP contribution in [0.2, 0.25) is 0 Å². The number of β-lactam (4-membered cyclic amide) rings is 1. The van der Waals surface area contributed by atoms with Crippen LogP contribution in [0.25, 0.3) is 0 Å². The average molecular weight is 607 g/mol. The zero-order chi connectivity index (χ0) is 30.9. The van der Waals surface area contributed by atoms with Gasteiger partial charge in [-0.1, -0.05) is 67.6 Å². The van der Waals surface area contributed by atoms with E-state index in [1.807, 2.05) is 67.6 Å². The number of rotatable bonds is 9. The first-order valence-corrected chi connectivity index (χ1v) is 15.2. The van der Waals surface area contributed by atoms with Crippen molar-refractivity contribution >= 4 is 29.7 Å². The lowest BCUT2D eigenvalue weighted by molar-refractivity contribution is -0.159. The number of hydrogen-bond donors (Lipinski definition) is 1. The summed E-state index contributed by atoms with van der Waals surface area (Å²) in [7, 11) is 0. The van der Waals surface area contributed by atoms with Crippen LogP contribution < -0.4 is 20.9 Å². The van der Waals surface area contributed by atoms with Crippen molar-refractivity contribution in [3.05, 3.63) is 97.8 Å². The van der Waals surface area contributed by atoms with Crippen molar-refractivity contribution in [2.24, 2.45) is 0 Å². The second-order valence-corrected chi connectivity index (χ2v) is 12.8. The number of benzene rings is 2. The van der Waals surface area contributed by atoms with E-state index in [1.165, 1.54) is 16.7 Å². The first-order valence-electron chi connectivity index (χ1n) is 14.2. The van der Waals surface area contributed by atoms with Crippen molar-refractivity contribution in [3.8, 4) is 5.75 Å². The van der Waals surface area contributed by atoms with Gasteiger partial charge in [0.25, 0.3) is 5.43 Å². The Labute approximate surface area is 253 Å². The van der Waals surface area contributed by atoms with Gasteiger partial charge in [-0.15, -0.1) is 11.8 Å². The largest absolute Gasteiger partial charge is 0.489 e. The Bertz CT molecular complexity index is 1540. The maximum atomic E-state index is 14.4. The lowest BCUT2D eigenvalue weighted by Crippen LogP contribution is -2.75. The third kappa shape index (κ3) is 5.78. The number of thioether (sulfide) groups is 1. The molecular formula is C32H34N2O8S. The molecule has 0 saturated carbocycles. The van der Waals surface area contributed by atoms with Gasteiger partial charge in [0, 0.05) is 12.3 Å². The van der Waals surface area contributed by atoms with E-state index in [2.05, 4.69) is 5.32 Å². The standard InChI is InChI=1S/C32H34N2O8S/c1-5-16-40-26-21(23(35)24(26)36)32(17-34-27(37)22(28(34)43-18-32)33-30(39)42-31(2,3)4)29(38)41-25(19-12-8-6-9-13-19)20-14-10-7-11-15-20/h6-15,22,25,28H,5,16-18H2,1-4H3,(H,33,39)/t22?,28-,32?/m1/s1. The van der Waals surface area contributed by atoms with Gasteiger partial charge in [0.2, 0.25) is 11.3 Å². The molecule has 43 heavy (non-hydrogen) atoms. The number of esters is 1. The molecule has 5 rings (SSSR count). The Morgan fingerprint density at radius 2 is 1.60 bits per heavy atom. The van der Waals surface area contributed by atoms with Gasteiger partial charge >= 0.3 is 12.1 Å². The second kappa shape index (κ2) is 11.9. The van der Waals surface area contributed by atoms with Gasteiger partial charge in [-0.3, -0.25) is 19.2 Å². The summed E-state index contributed by atoms with van der Waals surface area (Å²) in [6.45, 7) is 6.99. The Hall–Kier alpha value is -4.12. The van der Waals surface area contributed by atoms with Crippen LogP contribution in [0.15, 0.2) is 70.3 Å². The molecule has 1 N–H and O–H groups in total. The highest BCUT2D eigenvalue weighted by molar-refractivity contribution is 8.00. The molecule has 0 spiro atoms. The van der Waals surface area contributed by atoms with Gasteiger partial charge in [-0.05, 0) is 38.3 Å².